The molecule has 16 heavy (non-hydrogen) atoms. The zero-order valence-corrected chi connectivity index (χ0v) is 10.7. The highest BCUT2D eigenvalue weighted by atomic mass is 16.5. The van der Waals surface area contributed by atoms with Crippen LogP contribution in [0.1, 0.15) is 13.3 Å². The van der Waals surface area contributed by atoms with Gasteiger partial charge in [0.1, 0.15) is 0 Å². The minimum Gasteiger partial charge on any atom is -0.377 e. The fourth-order valence-corrected chi connectivity index (χ4v) is 2.94. The Morgan fingerprint density at radius 3 is 2.31 bits per heavy atom. The molecule has 0 amide bonds. The van der Waals surface area contributed by atoms with Crippen molar-refractivity contribution in [3.8, 4) is 0 Å². The maximum Gasteiger partial charge on any atom is 0.0971 e. The lowest BCUT2D eigenvalue weighted by molar-refractivity contribution is -0.00461. The summed E-state index contributed by atoms with van der Waals surface area (Å²) in [6, 6.07) is 0. The van der Waals surface area contributed by atoms with Crippen LogP contribution in [0.2, 0.25) is 0 Å². The van der Waals surface area contributed by atoms with Gasteiger partial charge in [-0.05, 0) is 18.4 Å². The minimum atomic E-state index is 0.239. The van der Waals surface area contributed by atoms with E-state index in [1.165, 1.54) is 6.42 Å². The quantitative estimate of drug-likeness (QED) is 0.752. The first-order valence-corrected chi connectivity index (χ1v) is 6.15. The molecule has 0 spiro atoms. The molecule has 94 valence electrons. The Balaban J connectivity index is 1.87. The number of ether oxygens (including phenoxy) is 2. The number of rotatable bonds is 4. The molecule has 0 aliphatic carbocycles. The van der Waals surface area contributed by atoms with E-state index in [1.54, 1.807) is 14.2 Å². The molecule has 1 N–H and O–H groups in total. The molecule has 3 atom stereocenters. The van der Waals surface area contributed by atoms with Crippen LogP contribution >= 0.6 is 0 Å². The molecule has 0 saturated carbocycles. The van der Waals surface area contributed by atoms with Crippen LogP contribution in [0.4, 0.5) is 0 Å². The lowest BCUT2D eigenvalue weighted by atomic mass is 9.89. The van der Waals surface area contributed by atoms with Crippen molar-refractivity contribution in [3.63, 3.8) is 0 Å². The van der Waals surface area contributed by atoms with E-state index in [4.69, 9.17) is 9.47 Å². The summed E-state index contributed by atoms with van der Waals surface area (Å²) in [4.78, 5) is 2.48. The van der Waals surface area contributed by atoms with Gasteiger partial charge in [-0.1, -0.05) is 6.92 Å². The third kappa shape index (κ3) is 2.56. The molecule has 2 rings (SSSR count). The second kappa shape index (κ2) is 5.00. The van der Waals surface area contributed by atoms with E-state index >= 15 is 0 Å². The molecule has 0 aromatic carbocycles. The van der Waals surface area contributed by atoms with Crippen molar-refractivity contribution in [3.05, 3.63) is 0 Å². The summed E-state index contributed by atoms with van der Waals surface area (Å²) in [7, 11) is 3.55. The Morgan fingerprint density at radius 2 is 1.88 bits per heavy atom. The van der Waals surface area contributed by atoms with Gasteiger partial charge < -0.3 is 14.8 Å². The third-order valence-corrected chi connectivity index (χ3v) is 3.96. The Morgan fingerprint density at radius 1 is 1.25 bits per heavy atom. The summed E-state index contributed by atoms with van der Waals surface area (Å²) in [6.45, 7) is 7.83. The van der Waals surface area contributed by atoms with Crippen LogP contribution in [0.5, 0.6) is 0 Å². The first-order valence-electron chi connectivity index (χ1n) is 6.15. The Bertz CT molecular complexity index is 217. The summed E-state index contributed by atoms with van der Waals surface area (Å²) >= 11 is 0. The molecule has 2 aliphatic rings. The predicted molar refractivity (Wildman–Crippen MR) is 63.6 cm³/mol. The van der Waals surface area contributed by atoms with Gasteiger partial charge in [0.05, 0.1) is 12.2 Å². The highest BCUT2D eigenvalue weighted by molar-refractivity contribution is 4.92. The summed E-state index contributed by atoms with van der Waals surface area (Å²) in [5.41, 5.74) is 0.431. The van der Waals surface area contributed by atoms with Crippen molar-refractivity contribution in [2.24, 2.45) is 5.41 Å². The SMILES string of the molecule is COC1CN(CC2(C)CCNC2)CC1OC. The van der Waals surface area contributed by atoms with Gasteiger partial charge in [-0.3, -0.25) is 4.90 Å². The number of likely N-dealkylation sites (tertiary alicyclic amines) is 1. The normalized spacial score (nSPS) is 40.7. The Kier molecular flexibility index (Phi) is 3.85. The molecule has 2 aliphatic heterocycles. The van der Waals surface area contributed by atoms with Gasteiger partial charge >= 0.3 is 0 Å². The van der Waals surface area contributed by atoms with Crippen molar-refractivity contribution in [2.75, 3.05) is 46.9 Å². The van der Waals surface area contributed by atoms with E-state index in [9.17, 15) is 0 Å². The van der Waals surface area contributed by atoms with Crippen molar-refractivity contribution in [1.29, 1.82) is 0 Å². The maximum atomic E-state index is 5.46. The average Bonchev–Trinajstić information content (AvgIpc) is 2.85. The van der Waals surface area contributed by atoms with Gasteiger partial charge in [-0.25, -0.2) is 0 Å². The molecule has 3 unspecified atom stereocenters. The summed E-state index contributed by atoms with van der Waals surface area (Å²) in [5, 5.41) is 3.45. The number of hydrogen-bond acceptors (Lipinski definition) is 4. The summed E-state index contributed by atoms with van der Waals surface area (Å²) in [6.07, 6.45) is 1.75. The standard InChI is InChI=1S/C12H24N2O2/c1-12(4-5-13-8-12)9-14-6-10(15-2)11(7-14)16-3/h10-11,13H,4-9H2,1-3H3. The van der Waals surface area contributed by atoms with Crippen LogP contribution in [-0.4, -0.2) is 64.1 Å². The first kappa shape index (κ1) is 12.3. The molecular formula is C12H24N2O2. The van der Waals surface area contributed by atoms with Gasteiger partial charge in [0.25, 0.3) is 0 Å². The van der Waals surface area contributed by atoms with Crippen LogP contribution in [0.15, 0.2) is 0 Å². The largest absolute Gasteiger partial charge is 0.377 e. The van der Waals surface area contributed by atoms with Gasteiger partial charge in [0, 0.05) is 40.4 Å². The first-order chi connectivity index (χ1) is 7.67. The van der Waals surface area contributed by atoms with Gasteiger partial charge in [-0.2, -0.15) is 0 Å². The van der Waals surface area contributed by atoms with Gasteiger partial charge in [-0.15, -0.1) is 0 Å². The highest BCUT2D eigenvalue weighted by Gasteiger charge is 2.37. The average molecular weight is 228 g/mol. The van der Waals surface area contributed by atoms with Crippen molar-refractivity contribution >= 4 is 0 Å². The molecule has 0 aromatic heterocycles. The maximum absolute atomic E-state index is 5.46. The van der Waals surface area contributed by atoms with Gasteiger partial charge in [0.15, 0.2) is 0 Å². The molecule has 2 heterocycles. The molecule has 0 radical (unpaired) electrons. The summed E-state index contributed by atoms with van der Waals surface area (Å²) < 4.78 is 10.9. The molecule has 2 saturated heterocycles. The molecule has 0 bridgehead atoms. The fraction of sp³-hybridized carbons (Fsp3) is 1.00. The van der Waals surface area contributed by atoms with Crippen molar-refractivity contribution in [1.82, 2.24) is 10.2 Å². The van der Waals surface area contributed by atoms with Crippen molar-refractivity contribution in [2.45, 2.75) is 25.6 Å². The lowest BCUT2D eigenvalue weighted by Crippen LogP contribution is -2.36. The molecule has 0 aromatic rings. The number of nitrogens with zero attached hydrogens (tertiary/aromatic N) is 1. The Labute approximate surface area is 98.3 Å². The second-order valence-corrected chi connectivity index (χ2v) is 5.48. The lowest BCUT2D eigenvalue weighted by Gasteiger charge is -2.28. The third-order valence-electron chi connectivity index (χ3n) is 3.96. The predicted octanol–water partition coefficient (Wildman–Crippen LogP) is 0.332. The molecule has 4 heteroatoms. The van der Waals surface area contributed by atoms with Crippen LogP contribution in [-0.2, 0) is 9.47 Å². The minimum absolute atomic E-state index is 0.239. The molecule has 4 nitrogen and oxygen atoms in total. The summed E-state index contributed by atoms with van der Waals surface area (Å²) in [5.74, 6) is 0. The second-order valence-electron chi connectivity index (χ2n) is 5.48. The van der Waals surface area contributed by atoms with Crippen LogP contribution in [0, 0.1) is 5.41 Å². The van der Waals surface area contributed by atoms with Crippen LogP contribution in [0.3, 0.4) is 0 Å². The highest BCUT2D eigenvalue weighted by Crippen LogP contribution is 2.28. The zero-order valence-electron chi connectivity index (χ0n) is 10.7. The van der Waals surface area contributed by atoms with E-state index < -0.39 is 0 Å². The van der Waals surface area contributed by atoms with E-state index in [0.717, 1.165) is 32.7 Å². The van der Waals surface area contributed by atoms with E-state index in [1.807, 2.05) is 0 Å². The molecule has 2 fully saturated rings. The van der Waals surface area contributed by atoms with Crippen molar-refractivity contribution < 1.29 is 9.47 Å². The van der Waals surface area contributed by atoms with E-state index in [0.29, 0.717) is 5.41 Å². The Hall–Kier alpha value is -0.160. The van der Waals surface area contributed by atoms with Crippen LogP contribution < -0.4 is 5.32 Å². The number of hydrogen-bond donors (Lipinski definition) is 1. The number of nitrogens with one attached hydrogen (secondary N) is 1. The topological polar surface area (TPSA) is 33.7 Å². The fourth-order valence-electron chi connectivity index (χ4n) is 2.94. The van der Waals surface area contributed by atoms with E-state index in [-0.39, 0.29) is 12.2 Å². The van der Waals surface area contributed by atoms with Crippen LogP contribution in [0.25, 0.3) is 0 Å². The van der Waals surface area contributed by atoms with Gasteiger partial charge in [0.2, 0.25) is 0 Å². The smallest absolute Gasteiger partial charge is 0.0971 e. The molecular weight excluding hydrogens is 204 g/mol. The monoisotopic (exact) mass is 228 g/mol. The number of methoxy groups -OCH3 is 2. The van der Waals surface area contributed by atoms with E-state index in [2.05, 4.69) is 17.1 Å². The zero-order chi connectivity index (χ0) is 11.6.